The average molecular weight is 517 g/mol. The highest BCUT2D eigenvalue weighted by Gasteiger charge is 2.55. The first-order valence-electron chi connectivity index (χ1n) is 12.2. The fraction of sp³-hybridized carbons (Fsp3) is 0.241. The van der Waals surface area contributed by atoms with E-state index in [1.54, 1.807) is 19.1 Å². The maximum atomic E-state index is 14.0. The van der Waals surface area contributed by atoms with Crippen LogP contribution in [-0.2, 0) is 4.79 Å². The second-order valence-electron chi connectivity index (χ2n) is 9.40. The number of aliphatic imine (C=N–C) groups is 1. The van der Waals surface area contributed by atoms with E-state index in [4.69, 9.17) is 4.99 Å². The topological polar surface area (TPSA) is 68.2 Å². The summed E-state index contributed by atoms with van der Waals surface area (Å²) in [5, 5.41) is 16.0. The number of fused-ring (bicyclic) bond motifs is 1. The number of carbonyl (C=O) groups excluding carboxylic acids is 1. The molecule has 1 amide bonds. The number of rotatable bonds is 6. The maximum absolute atomic E-state index is 14.0. The van der Waals surface area contributed by atoms with E-state index < -0.39 is 11.9 Å². The molecule has 2 heterocycles. The summed E-state index contributed by atoms with van der Waals surface area (Å²) in [6.45, 7) is 5.84. The van der Waals surface area contributed by atoms with Crippen LogP contribution in [0.15, 0.2) is 101 Å². The van der Waals surface area contributed by atoms with Crippen LogP contribution in [0.5, 0.6) is 0 Å². The summed E-state index contributed by atoms with van der Waals surface area (Å²) >= 11 is 1.44. The van der Waals surface area contributed by atoms with E-state index in [2.05, 4.69) is 5.32 Å². The van der Waals surface area contributed by atoms with Crippen molar-refractivity contribution in [2.45, 2.75) is 38.7 Å². The van der Waals surface area contributed by atoms with E-state index >= 15 is 0 Å². The molecule has 0 saturated carbocycles. The van der Waals surface area contributed by atoms with Crippen LogP contribution in [0.2, 0.25) is 0 Å². The van der Waals surface area contributed by atoms with Gasteiger partial charge in [0.15, 0.2) is 5.17 Å². The number of para-hydroxylation sites is 2. The predicted octanol–water partition coefficient (Wildman–Crippen LogP) is 5.76. The summed E-state index contributed by atoms with van der Waals surface area (Å²) in [4.78, 5) is 22.3. The van der Waals surface area contributed by atoms with Crippen LogP contribution in [0.1, 0.15) is 32.4 Å². The Hall–Kier alpha value is -3.62. The largest absolute Gasteiger partial charge is 0.353 e. The van der Waals surface area contributed by atoms with Crippen molar-refractivity contribution in [1.82, 2.24) is 4.90 Å². The minimum Gasteiger partial charge on any atom is -0.353 e. The van der Waals surface area contributed by atoms with Gasteiger partial charge in [0.25, 0.3) is 5.91 Å². The minimum atomic E-state index is -1.50. The first kappa shape index (κ1) is 25.0. The Labute approximate surface area is 220 Å². The number of aliphatic hydroxyl groups is 1. The molecule has 0 radical (unpaired) electrons. The predicted molar refractivity (Wildman–Crippen MR) is 148 cm³/mol. The van der Waals surface area contributed by atoms with Crippen molar-refractivity contribution in [3.05, 3.63) is 108 Å². The fourth-order valence-electron chi connectivity index (χ4n) is 5.05. The molecule has 1 saturated heterocycles. The molecule has 6 nitrogen and oxygen atoms in total. The van der Waals surface area contributed by atoms with Gasteiger partial charge in [0.1, 0.15) is 5.82 Å². The number of allylic oxidation sites excluding steroid dienone is 1. The van der Waals surface area contributed by atoms with E-state index in [1.165, 1.54) is 23.9 Å². The molecule has 0 aliphatic carbocycles. The monoisotopic (exact) mass is 516 g/mol. The molecule has 2 aliphatic heterocycles. The number of benzene rings is 3. The quantitative estimate of drug-likeness (QED) is 0.408. The number of nitrogens with zero attached hydrogens (tertiary/aromatic N) is 3. The van der Waals surface area contributed by atoms with Gasteiger partial charge in [-0.2, -0.15) is 0 Å². The number of hydrogen-bond acceptors (Lipinski definition) is 6. The molecule has 2 atom stereocenters. The highest BCUT2D eigenvalue weighted by atomic mass is 32.2. The van der Waals surface area contributed by atoms with Crippen molar-refractivity contribution in [1.29, 1.82) is 0 Å². The average Bonchev–Trinajstić information content (AvgIpc) is 3.21. The van der Waals surface area contributed by atoms with E-state index in [0.717, 1.165) is 5.69 Å². The molecule has 0 aromatic heterocycles. The summed E-state index contributed by atoms with van der Waals surface area (Å²) in [5.74, 6) is -1.88. The number of anilines is 2. The van der Waals surface area contributed by atoms with E-state index in [0.29, 0.717) is 33.4 Å². The first-order chi connectivity index (χ1) is 17.8. The highest BCUT2D eigenvalue weighted by molar-refractivity contribution is 8.14. The van der Waals surface area contributed by atoms with E-state index in [9.17, 15) is 14.3 Å². The Morgan fingerprint density at radius 3 is 2.32 bits per heavy atom. The van der Waals surface area contributed by atoms with Crippen LogP contribution < -0.4 is 10.2 Å². The van der Waals surface area contributed by atoms with Crippen LogP contribution in [0.4, 0.5) is 15.8 Å². The van der Waals surface area contributed by atoms with Gasteiger partial charge in [-0.05, 0) is 62.7 Å². The van der Waals surface area contributed by atoms with Crippen molar-refractivity contribution in [3.63, 3.8) is 0 Å². The number of hydrogen-bond donors (Lipinski definition) is 2. The van der Waals surface area contributed by atoms with Crippen molar-refractivity contribution in [2.75, 3.05) is 16.0 Å². The van der Waals surface area contributed by atoms with Gasteiger partial charge in [0.05, 0.1) is 23.1 Å². The standard InChI is InChI=1S/C29H29FN4O2S/c1-19(2)33(24-12-8-5-9-13-24)29(36)18-37-28-31-20(3)25(27(35)32-23-10-6-4-7-11-23)26(34(28)29)21-14-16-22(30)17-15-21/h4-17,19,26,36H,18H2,1-3H3,(H,32,35). The Bertz CT molecular complexity index is 1350. The van der Waals surface area contributed by atoms with E-state index in [-0.39, 0.29) is 17.8 Å². The van der Waals surface area contributed by atoms with Crippen LogP contribution in [0.25, 0.3) is 0 Å². The lowest BCUT2D eigenvalue weighted by molar-refractivity contribution is -0.114. The maximum Gasteiger partial charge on any atom is 0.255 e. The molecule has 190 valence electrons. The number of amidine groups is 1. The molecule has 3 aromatic rings. The van der Waals surface area contributed by atoms with Crippen molar-refractivity contribution >= 4 is 34.2 Å². The Balaban J connectivity index is 1.65. The second-order valence-corrected chi connectivity index (χ2v) is 10.3. The summed E-state index contributed by atoms with van der Waals surface area (Å²) in [6.07, 6.45) is 0. The van der Waals surface area contributed by atoms with Gasteiger partial charge in [-0.1, -0.05) is 60.3 Å². The van der Waals surface area contributed by atoms with Crippen LogP contribution in [0, 0.1) is 5.82 Å². The normalized spacial score (nSPS) is 21.1. The van der Waals surface area contributed by atoms with Gasteiger partial charge in [-0.3, -0.25) is 9.69 Å². The third-order valence-corrected chi connectivity index (χ3v) is 7.65. The third kappa shape index (κ3) is 4.63. The molecule has 1 fully saturated rings. The molecule has 2 unspecified atom stereocenters. The molecule has 5 rings (SSSR count). The molecule has 2 N–H and O–H groups in total. The van der Waals surface area contributed by atoms with Crippen LogP contribution in [-0.4, -0.2) is 38.7 Å². The molecule has 3 aromatic carbocycles. The molecular weight excluding hydrogens is 487 g/mol. The second kappa shape index (κ2) is 10.0. The van der Waals surface area contributed by atoms with Gasteiger partial charge in [-0.15, -0.1) is 0 Å². The number of amides is 1. The summed E-state index contributed by atoms with van der Waals surface area (Å²) in [5.41, 5.74) is 3.14. The smallest absolute Gasteiger partial charge is 0.255 e. The van der Waals surface area contributed by atoms with Crippen molar-refractivity contribution < 1.29 is 14.3 Å². The lowest BCUT2D eigenvalue weighted by atomic mass is 9.92. The summed E-state index contributed by atoms with van der Waals surface area (Å²) in [6, 6.07) is 24.2. The van der Waals surface area contributed by atoms with Crippen molar-refractivity contribution in [3.8, 4) is 0 Å². The lowest BCUT2D eigenvalue weighted by Gasteiger charge is -2.50. The van der Waals surface area contributed by atoms with Gasteiger partial charge < -0.3 is 15.3 Å². The Morgan fingerprint density at radius 1 is 1.08 bits per heavy atom. The number of carbonyl (C=O) groups is 1. The van der Waals surface area contributed by atoms with Crippen molar-refractivity contribution in [2.24, 2.45) is 4.99 Å². The zero-order valence-electron chi connectivity index (χ0n) is 20.9. The van der Waals surface area contributed by atoms with Gasteiger partial charge in [0, 0.05) is 17.4 Å². The Morgan fingerprint density at radius 2 is 1.70 bits per heavy atom. The molecule has 0 bridgehead atoms. The zero-order valence-corrected chi connectivity index (χ0v) is 21.7. The minimum absolute atomic E-state index is 0.0742. The molecule has 8 heteroatoms. The third-order valence-electron chi connectivity index (χ3n) is 6.57. The van der Waals surface area contributed by atoms with Crippen LogP contribution >= 0.6 is 11.8 Å². The zero-order chi connectivity index (χ0) is 26.2. The molecule has 2 aliphatic rings. The molecule has 37 heavy (non-hydrogen) atoms. The van der Waals surface area contributed by atoms with E-state index in [1.807, 2.05) is 84.3 Å². The summed E-state index contributed by atoms with van der Waals surface area (Å²) in [7, 11) is 0. The van der Waals surface area contributed by atoms with Crippen LogP contribution in [0.3, 0.4) is 0 Å². The number of thioether (sulfide) groups is 1. The SMILES string of the molecule is CC1=C(C(=O)Nc2ccccc2)C(c2ccc(F)cc2)N2C(=N1)SCC2(O)N(c1ccccc1)C(C)C. The van der Waals surface area contributed by atoms with Gasteiger partial charge >= 0.3 is 0 Å². The molecule has 0 spiro atoms. The fourth-order valence-corrected chi connectivity index (χ4v) is 6.24. The lowest BCUT2D eigenvalue weighted by Crippen LogP contribution is -2.64. The number of halogens is 1. The summed E-state index contributed by atoms with van der Waals surface area (Å²) < 4.78 is 14.0. The van der Waals surface area contributed by atoms with Gasteiger partial charge in [-0.25, -0.2) is 9.38 Å². The van der Waals surface area contributed by atoms with Gasteiger partial charge in [0.2, 0.25) is 5.85 Å². The number of nitrogens with one attached hydrogen (secondary N) is 1. The molecular formula is C29H29FN4O2S. The Kier molecular flexibility index (Phi) is 6.79. The first-order valence-corrected chi connectivity index (χ1v) is 13.2. The highest BCUT2D eigenvalue weighted by Crippen LogP contribution is 2.48.